The van der Waals surface area contributed by atoms with E-state index in [9.17, 15) is 18.0 Å². The highest BCUT2D eigenvalue weighted by Gasteiger charge is 2.32. The lowest BCUT2D eigenvalue weighted by atomic mass is 10.0. The molecule has 43 heavy (non-hydrogen) atoms. The van der Waals surface area contributed by atoms with Crippen molar-refractivity contribution in [3.05, 3.63) is 100 Å². The summed E-state index contributed by atoms with van der Waals surface area (Å²) in [5.74, 6) is -0.379. The van der Waals surface area contributed by atoms with Gasteiger partial charge in [-0.05, 0) is 79.6 Å². The van der Waals surface area contributed by atoms with Crippen LogP contribution in [0.2, 0.25) is 5.02 Å². The molecule has 0 radical (unpaired) electrons. The number of hydrogen-bond acceptors (Lipinski definition) is 4. The molecule has 1 aliphatic carbocycles. The fraction of sp³-hybridized carbons (Fsp3) is 0.412. The molecule has 2 amide bonds. The number of amides is 2. The Bertz CT molecular complexity index is 1490. The average Bonchev–Trinajstić information content (AvgIpc) is 3.45. The van der Waals surface area contributed by atoms with E-state index >= 15 is 0 Å². The third-order valence-corrected chi connectivity index (χ3v) is 9.29. The first-order valence-corrected chi connectivity index (χ1v) is 17.2. The quantitative estimate of drug-likeness (QED) is 0.246. The van der Waals surface area contributed by atoms with Gasteiger partial charge in [-0.2, -0.15) is 0 Å². The number of nitrogens with zero attached hydrogens (tertiary/aromatic N) is 2. The first-order valence-electron chi connectivity index (χ1n) is 14.9. The molecule has 0 aromatic heterocycles. The lowest BCUT2D eigenvalue weighted by Gasteiger charge is -2.33. The summed E-state index contributed by atoms with van der Waals surface area (Å²) in [5.41, 5.74) is 4.28. The minimum Gasteiger partial charge on any atom is -0.352 e. The Labute approximate surface area is 261 Å². The van der Waals surface area contributed by atoms with Crippen LogP contribution in [0.15, 0.2) is 72.8 Å². The van der Waals surface area contributed by atoms with Crippen molar-refractivity contribution in [2.24, 2.45) is 0 Å². The Balaban J connectivity index is 1.59. The smallest absolute Gasteiger partial charge is 0.243 e. The molecule has 7 nitrogen and oxygen atoms in total. The highest BCUT2D eigenvalue weighted by molar-refractivity contribution is 7.92. The number of rotatable bonds is 13. The van der Waals surface area contributed by atoms with E-state index in [2.05, 4.69) is 5.32 Å². The van der Waals surface area contributed by atoms with Crippen LogP contribution in [0.5, 0.6) is 0 Å². The van der Waals surface area contributed by atoms with Crippen LogP contribution in [0.25, 0.3) is 0 Å². The summed E-state index contributed by atoms with van der Waals surface area (Å²) in [6.45, 7) is 4.22. The molecule has 0 saturated heterocycles. The van der Waals surface area contributed by atoms with Gasteiger partial charge in [0.2, 0.25) is 21.8 Å². The van der Waals surface area contributed by atoms with Crippen molar-refractivity contribution in [3.63, 3.8) is 0 Å². The van der Waals surface area contributed by atoms with Crippen LogP contribution in [0.4, 0.5) is 5.69 Å². The normalized spacial score (nSPS) is 14.3. The maximum Gasteiger partial charge on any atom is 0.243 e. The van der Waals surface area contributed by atoms with Gasteiger partial charge in [0.05, 0.1) is 11.9 Å². The number of nitrogens with one attached hydrogen (secondary N) is 1. The van der Waals surface area contributed by atoms with Crippen LogP contribution < -0.4 is 9.62 Å². The van der Waals surface area contributed by atoms with E-state index < -0.39 is 16.1 Å². The zero-order valence-electron chi connectivity index (χ0n) is 25.3. The highest BCUT2D eigenvalue weighted by Crippen LogP contribution is 2.24. The third-order valence-electron chi connectivity index (χ3n) is 7.86. The number of benzene rings is 3. The maximum absolute atomic E-state index is 14.0. The SMILES string of the molecule is Cc1cc(C)cc(N(CCCC(=O)N(Cc2cccc(Cl)c2)[C@H](Cc2ccccc2)C(=O)NC2CCCC2)S(C)(=O)=O)c1. The van der Waals surface area contributed by atoms with Gasteiger partial charge in [0, 0.05) is 37.0 Å². The highest BCUT2D eigenvalue weighted by atomic mass is 35.5. The number of carbonyl (C=O) groups excluding carboxylic acids is 2. The van der Waals surface area contributed by atoms with Gasteiger partial charge >= 0.3 is 0 Å². The molecule has 4 rings (SSSR count). The molecule has 0 spiro atoms. The number of anilines is 1. The van der Waals surface area contributed by atoms with Crippen LogP contribution in [0.1, 0.15) is 60.8 Å². The van der Waals surface area contributed by atoms with Gasteiger partial charge in [-0.15, -0.1) is 0 Å². The van der Waals surface area contributed by atoms with Crippen molar-refractivity contribution in [1.82, 2.24) is 10.2 Å². The lowest BCUT2D eigenvalue weighted by molar-refractivity contribution is -0.141. The summed E-state index contributed by atoms with van der Waals surface area (Å²) in [6, 6.07) is 22.1. The molecule has 0 heterocycles. The Hall–Kier alpha value is -3.36. The van der Waals surface area contributed by atoms with E-state index in [-0.39, 0.29) is 37.4 Å². The minimum absolute atomic E-state index is 0.0827. The van der Waals surface area contributed by atoms with Crippen LogP contribution in [0.3, 0.4) is 0 Å². The Morgan fingerprint density at radius 1 is 0.930 bits per heavy atom. The second-order valence-electron chi connectivity index (χ2n) is 11.6. The van der Waals surface area contributed by atoms with E-state index in [0.29, 0.717) is 23.6 Å². The molecule has 0 aliphatic heterocycles. The van der Waals surface area contributed by atoms with E-state index in [1.54, 1.807) is 11.0 Å². The topological polar surface area (TPSA) is 86.8 Å². The first-order chi connectivity index (χ1) is 20.5. The maximum atomic E-state index is 14.0. The predicted molar refractivity (Wildman–Crippen MR) is 174 cm³/mol. The third kappa shape index (κ3) is 9.57. The monoisotopic (exact) mass is 623 g/mol. The van der Waals surface area contributed by atoms with Gasteiger partial charge in [-0.1, -0.05) is 73.0 Å². The standard InChI is InChI=1S/C34H42ClN3O4S/c1-25-19-26(2)21-31(20-25)38(43(3,41)42)18-10-17-33(39)37(24-28-13-9-14-29(35)22-28)32(23-27-11-5-4-6-12-27)34(40)36-30-15-7-8-16-30/h4-6,9,11-14,19-22,30,32H,7-8,10,15-18,23-24H2,1-3H3,(H,36,40)/t32-/m1/s1. The van der Waals surface area contributed by atoms with Gasteiger partial charge in [0.15, 0.2) is 0 Å². The lowest BCUT2D eigenvalue weighted by Crippen LogP contribution is -2.52. The van der Waals surface area contributed by atoms with Crippen molar-refractivity contribution < 1.29 is 18.0 Å². The number of sulfonamides is 1. The zero-order chi connectivity index (χ0) is 31.0. The summed E-state index contributed by atoms with van der Waals surface area (Å²) in [5, 5.41) is 3.76. The molecule has 1 saturated carbocycles. The Morgan fingerprint density at radius 2 is 1.58 bits per heavy atom. The first kappa shape index (κ1) is 32.6. The Kier molecular flexibility index (Phi) is 11.3. The van der Waals surface area contributed by atoms with Crippen molar-refractivity contribution >= 4 is 39.1 Å². The van der Waals surface area contributed by atoms with E-state index in [4.69, 9.17) is 11.6 Å². The van der Waals surface area contributed by atoms with Gasteiger partial charge in [-0.3, -0.25) is 13.9 Å². The molecular formula is C34H42ClN3O4S. The average molecular weight is 624 g/mol. The van der Waals surface area contributed by atoms with Gasteiger partial charge < -0.3 is 10.2 Å². The summed E-state index contributed by atoms with van der Waals surface area (Å²) < 4.78 is 26.9. The molecule has 1 fully saturated rings. The summed E-state index contributed by atoms with van der Waals surface area (Å²) in [7, 11) is -3.58. The number of aryl methyl sites for hydroxylation is 2. The van der Waals surface area contributed by atoms with Gasteiger partial charge in [-0.25, -0.2) is 8.42 Å². The fourth-order valence-electron chi connectivity index (χ4n) is 5.85. The molecule has 1 aliphatic rings. The second-order valence-corrected chi connectivity index (χ2v) is 14.0. The molecule has 1 N–H and O–H groups in total. The minimum atomic E-state index is -3.58. The number of carbonyl (C=O) groups is 2. The van der Waals surface area contributed by atoms with Crippen LogP contribution >= 0.6 is 11.6 Å². The van der Waals surface area contributed by atoms with Crippen LogP contribution in [-0.4, -0.2) is 50.0 Å². The molecule has 3 aromatic carbocycles. The van der Waals surface area contributed by atoms with Crippen molar-refractivity contribution in [3.8, 4) is 0 Å². The molecule has 3 aromatic rings. The number of hydrogen-bond donors (Lipinski definition) is 1. The Morgan fingerprint density at radius 3 is 2.21 bits per heavy atom. The summed E-state index contributed by atoms with van der Waals surface area (Å²) in [4.78, 5) is 29.5. The molecule has 1 atom stereocenters. The van der Waals surface area contributed by atoms with Crippen molar-refractivity contribution in [1.29, 1.82) is 0 Å². The summed E-state index contributed by atoms with van der Waals surface area (Å²) >= 11 is 6.29. The predicted octanol–water partition coefficient (Wildman–Crippen LogP) is 6.20. The molecule has 230 valence electrons. The van der Waals surface area contributed by atoms with E-state index in [1.807, 2.05) is 80.6 Å². The van der Waals surface area contributed by atoms with Crippen molar-refractivity contribution in [2.75, 3.05) is 17.1 Å². The second kappa shape index (κ2) is 14.9. The van der Waals surface area contributed by atoms with E-state index in [1.165, 1.54) is 10.6 Å². The van der Waals surface area contributed by atoms with Crippen molar-refractivity contribution in [2.45, 2.75) is 77.4 Å². The summed E-state index contributed by atoms with van der Waals surface area (Å²) in [6.07, 6.45) is 5.96. The molecule has 9 heteroatoms. The number of halogens is 1. The molecular weight excluding hydrogens is 582 g/mol. The zero-order valence-corrected chi connectivity index (χ0v) is 26.8. The van der Waals surface area contributed by atoms with Crippen LogP contribution in [-0.2, 0) is 32.6 Å². The largest absolute Gasteiger partial charge is 0.352 e. The van der Waals surface area contributed by atoms with Gasteiger partial charge in [0.1, 0.15) is 6.04 Å². The van der Waals surface area contributed by atoms with Crippen LogP contribution in [0, 0.1) is 13.8 Å². The fourth-order valence-corrected chi connectivity index (χ4v) is 7.01. The molecule has 0 unspecified atom stereocenters. The van der Waals surface area contributed by atoms with E-state index in [0.717, 1.165) is 47.9 Å². The van der Waals surface area contributed by atoms with Gasteiger partial charge in [0.25, 0.3) is 0 Å². The molecule has 0 bridgehead atoms.